The Morgan fingerprint density at radius 3 is 1.60 bits per heavy atom. The maximum atomic E-state index is 11.1. The molecule has 25 heavy (non-hydrogen) atoms. The third kappa shape index (κ3) is 22.6. The summed E-state index contributed by atoms with van der Waals surface area (Å²) in [5.41, 5.74) is 0.486. The summed E-state index contributed by atoms with van der Waals surface area (Å²) in [7, 11) is 1.39. The highest BCUT2D eigenvalue weighted by Crippen LogP contribution is 2.11. The summed E-state index contributed by atoms with van der Waals surface area (Å²) >= 11 is 0. The van der Waals surface area contributed by atoms with E-state index in [4.69, 9.17) is 5.11 Å². The molecule has 0 aliphatic rings. The van der Waals surface area contributed by atoms with Crippen LogP contribution >= 0.6 is 0 Å². The molecule has 0 aliphatic carbocycles. The van der Waals surface area contributed by atoms with Gasteiger partial charge in [-0.2, -0.15) is 0 Å². The van der Waals surface area contributed by atoms with Gasteiger partial charge in [-0.15, -0.1) is 0 Å². The fourth-order valence-corrected chi connectivity index (χ4v) is 2.24. The molecule has 0 aromatic heterocycles. The lowest BCUT2D eigenvalue weighted by Gasteiger charge is -2.02. The molecular formula is C20H39NO4. The first-order valence-corrected chi connectivity index (χ1v) is 9.80. The van der Waals surface area contributed by atoms with Gasteiger partial charge in [0.2, 0.25) is 0 Å². The number of methoxy groups -OCH3 is 1. The van der Waals surface area contributed by atoms with Crippen LogP contribution in [0.3, 0.4) is 0 Å². The first-order valence-electron chi connectivity index (χ1n) is 9.80. The average molecular weight is 358 g/mol. The predicted octanol–water partition coefficient (Wildman–Crippen LogP) is 5.41. The maximum absolute atomic E-state index is 11.1. The lowest BCUT2D eigenvalue weighted by atomic mass is 10.1. The van der Waals surface area contributed by atoms with Crippen molar-refractivity contribution in [3.8, 4) is 0 Å². The molecule has 0 heterocycles. The second kappa shape index (κ2) is 20.7. The number of hydrogen-bond donors (Lipinski definition) is 1. The standard InChI is InChI=1S/C17H33NO2.C3H6O2/c1-4-5-6-7-8-9-10-11-12-13-14-15-18-16(2)17(19)20-3;1-2-3(4)5/h4-15H2,1-3H3;2H2,1H3,(H,4,5). The SMILES string of the molecule is CCC(=O)O.CCCCCCCCCCCCCN=C(C)C(=O)OC. The van der Waals surface area contributed by atoms with Crippen molar-refractivity contribution >= 4 is 17.7 Å². The van der Waals surface area contributed by atoms with Crippen molar-refractivity contribution in [3.63, 3.8) is 0 Å². The highest BCUT2D eigenvalue weighted by Gasteiger charge is 2.03. The van der Waals surface area contributed by atoms with E-state index in [9.17, 15) is 9.59 Å². The summed E-state index contributed by atoms with van der Waals surface area (Å²) in [5, 5.41) is 7.72. The topological polar surface area (TPSA) is 76.0 Å². The summed E-state index contributed by atoms with van der Waals surface area (Å²) < 4.78 is 4.60. The zero-order valence-electron chi connectivity index (χ0n) is 16.8. The van der Waals surface area contributed by atoms with E-state index in [2.05, 4.69) is 16.7 Å². The van der Waals surface area contributed by atoms with Crippen molar-refractivity contribution in [2.45, 2.75) is 97.8 Å². The summed E-state index contributed by atoms with van der Waals surface area (Å²) in [5.74, 6) is -1.06. The average Bonchev–Trinajstić information content (AvgIpc) is 2.62. The van der Waals surface area contributed by atoms with Crippen molar-refractivity contribution in [1.82, 2.24) is 0 Å². The van der Waals surface area contributed by atoms with E-state index >= 15 is 0 Å². The van der Waals surface area contributed by atoms with Crippen LogP contribution in [0.5, 0.6) is 0 Å². The van der Waals surface area contributed by atoms with E-state index < -0.39 is 5.97 Å². The molecule has 5 nitrogen and oxygen atoms in total. The molecule has 0 aliphatic heterocycles. The molecule has 0 unspecified atom stereocenters. The Labute approximate surface area is 154 Å². The van der Waals surface area contributed by atoms with Gasteiger partial charge >= 0.3 is 11.9 Å². The Morgan fingerprint density at radius 2 is 1.24 bits per heavy atom. The van der Waals surface area contributed by atoms with Gasteiger partial charge in [-0.25, -0.2) is 4.79 Å². The van der Waals surface area contributed by atoms with Crippen molar-refractivity contribution < 1.29 is 19.4 Å². The number of carbonyl (C=O) groups is 2. The van der Waals surface area contributed by atoms with E-state index in [0.29, 0.717) is 5.71 Å². The molecule has 0 saturated carbocycles. The molecule has 1 N–H and O–H groups in total. The second-order valence-electron chi connectivity index (χ2n) is 6.24. The second-order valence-corrected chi connectivity index (χ2v) is 6.24. The number of aliphatic carboxylic acids is 1. The lowest BCUT2D eigenvalue weighted by Crippen LogP contribution is -2.12. The number of carboxylic acid groups (broad SMARTS) is 1. The van der Waals surface area contributed by atoms with Gasteiger partial charge < -0.3 is 9.84 Å². The van der Waals surface area contributed by atoms with Crippen LogP contribution in [0.15, 0.2) is 4.99 Å². The van der Waals surface area contributed by atoms with Crippen molar-refractivity contribution in [2.75, 3.05) is 13.7 Å². The zero-order valence-corrected chi connectivity index (χ0v) is 16.8. The molecule has 0 atom stereocenters. The molecule has 148 valence electrons. The van der Waals surface area contributed by atoms with E-state index in [1.54, 1.807) is 13.8 Å². The Balaban J connectivity index is 0. The quantitative estimate of drug-likeness (QED) is 0.256. The Morgan fingerprint density at radius 1 is 0.840 bits per heavy atom. The van der Waals surface area contributed by atoms with Gasteiger partial charge in [0, 0.05) is 13.0 Å². The Hall–Kier alpha value is -1.39. The van der Waals surface area contributed by atoms with Crippen LogP contribution in [0.2, 0.25) is 0 Å². The third-order valence-electron chi connectivity index (χ3n) is 3.89. The predicted molar refractivity (Wildman–Crippen MR) is 104 cm³/mol. The van der Waals surface area contributed by atoms with Crippen LogP contribution < -0.4 is 0 Å². The van der Waals surface area contributed by atoms with E-state index in [1.807, 2.05) is 0 Å². The molecule has 0 radical (unpaired) electrons. The first kappa shape index (κ1) is 25.8. The summed E-state index contributed by atoms with van der Waals surface area (Å²) in [6.45, 7) is 6.32. The number of hydrogen-bond acceptors (Lipinski definition) is 4. The lowest BCUT2D eigenvalue weighted by molar-refractivity contribution is -0.136. The fraction of sp³-hybridized carbons (Fsp3) is 0.850. The Kier molecular flexibility index (Phi) is 21.4. The number of carbonyl (C=O) groups excluding carboxylic acids is 1. The number of aliphatic imine (C=N–C) groups is 1. The molecule has 0 rings (SSSR count). The number of ether oxygens (including phenoxy) is 1. The van der Waals surface area contributed by atoms with Crippen molar-refractivity contribution in [3.05, 3.63) is 0 Å². The van der Waals surface area contributed by atoms with Crippen LogP contribution in [-0.4, -0.2) is 36.4 Å². The largest absolute Gasteiger partial charge is 0.481 e. The van der Waals surface area contributed by atoms with Crippen molar-refractivity contribution in [2.24, 2.45) is 4.99 Å². The van der Waals surface area contributed by atoms with Crippen LogP contribution in [0.4, 0.5) is 0 Å². The van der Waals surface area contributed by atoms with Crippen LogP contribution in [0.1, 0.15) is 97.8 Å². The number of unbranched alkanes of at least 4 members (excludes halogenated alkanes) is 10. The zero-order chi connectivity index (χ0) is 19.3. The third-order valence-corrected chi connectivity index (χ3v) is 3.89. The number of carboxylic acids is 1. The van der Waals surface area contributed by atoms with Gasteiger partial charge in [0.25, 0.3) is 0 Å². The normalized spacial score (nSPS) is 10.8. The smallest absolute Gasteiger partial charge is 0.351 e. The number of rotatable bonds is 14. The minimum absolute atomic E-state index is 0.222. The molecule has 0 aromatic rings. The van der Waals surface area contributed by atoms with Gasteiger partial charge in [-0.05, 0) is 13.3 Å². The molecule has 0 spiro atoms. The molecule has 0 amide bonds. The molecular weight excluding hydrogens is 318 g/mol. The van der Waals surface area contributed by atoms with E-state index in [-0.39, 0.29) is 12.4 Å². The highest BCUT2D eigenvalue weighted by molar-refractivity contribution is 6.35. The van der Waals surface area contributed by atoms with Crippen molar-refractivity contribution in [1.29, 1.82) is 0 Å². The van der Waals surface area contributed by atoms with Gasteiger partial charge in [0.05, 0.1) is 7.11 Å². The molecule has 0 aromatic carbocycles. The monoisotopic (exact) mass is 357 g/mol. The maximum Gasteiger partial charge on any atom is 0.351 e. The van der Waals surface area contributed by atoms with Gasteiger partial charge in [0.1, 0.15) is 5.71 Å². The summed E-state index contributed by atoms with van der Waals surface area (Å²) in [6, 6.07) is 0. The van der Waals surface area contributed by atoms with Gasteiger partial charge in [-0.1, -0.05) is 78.1 Å². The summed E-state index contributed by atoms with van der Waals surface area (Å²) in [4.78, 5) is 24.7. The Bertz CT molecular complexity index is 354. The van der Waals surface area contributed by atoms with E-state index in [0.717, 1.165) is 13.0 Å². The van der Waals surface area contributed by atoms with Crippen LogP contribution in [0, 0.1) is 0 Å². The molecule has 0 saturated heterocycles. The van der Waals surface area contributed by atoms with Crippen LogP contribution in [-0.2, 0) is 14.3 Å². The molecule has 5 heteroatoms. The van der Waals surface area contributed by atoms with Gasteiger partial charge in [0.15, 0.2) is 0 Å². The fourth-order valence-electron chi connectivity index (χ4n) is 2.24. The minimum Gasteiger partial charge on any atom is -0.481 e. The van der Waals surface area contributed by atoms with Crippen LogP contribution in [0.25, 0.3) is 0 Å². The molecule has 0 fully saturated rings. The highest BCUT2D eigenvalue weighted by atomic mass is 16.5. The van der Waals surface area contributed by atoms with Gasteiger partial charge in [-0.3, -0.25) is 9.79 Å². The summed E-state index contributed by atoms with van der Waals surface area (Å²) in [6.07, 6.45) is 14.9. The number of nitrogens with zero attached hydrogens (tertiary/aromatic N) is 1. The minimum atomic E-state index is -0.745. The number of esters is 1. The first-order chi connectivity index (χ1) is 12.0. The van der Waals surface area contributed by atoms with E-state index in [1.165, 1.54) is 71.3 Å². The molecule has 0 bridgehead atoms.